The van der Waals surface area contributed by atoms with Gasteiger partial charge in [0, 0.05) is 6.54 Å². The molecule has 1 atom stereocenters. The van der Waals surface area contributed by atoms with E-state index in [1.54, 1.807) is 32.4 Å². The molecule has 0 aliphatic carbocycles. The third-order valence-electron chi connectivity index (χ3n) is 5.86. The molecule has 8 nitrogen and oxygen atoms in total. The van der Waals surface area contributed by atoms with Crippen LogP contribution in [0.3, 0.4) is 0 Å². The van der Waals surface area contributed by atoms with Gasteiger partial charge in [0.1, 0.15) is 0 Å². The minimum absolute atomic E-state index is 0.0750. The molecule has 1 aromatic heterocycles. The highest BCUT2D eigenvalue weighted by molar-refractivity contribution is 5.53. The van der Waals surface area contributed by atoms with Crippen molar-refractivity contribution in [1.82, 2.24) is 14.9 Å². The zero-order valence-electron chi connectivity index (χ0n) is 17.9. The number of H-pyrrole nitrogens is 1. The van der Waals surface area contributed by atoms with Crippen molar-refractivity contribution in [3.63, 3.8) is 0 Å². The Labute approximate surface area is 179 Å². The van der Waals surface area contributed by atoms with Crippen LogP contribution in [0.15, 0.2) is 39.9 Å². The van der Waals surface area contributed by atoms with Gasteiger partial charge in [-0.3, -0.25) is 9.78 Å². The summed E-state index contributed by atoms with van der Waals surface area (Å²) in [5.74, 6) is 0.727. The number of hydrogen-bond donors (Lipinski definition) is 3. The second-order valence-electron chi connectivity index (χ2n) is 7.64. The molecule has 0 amide bonds. The smallest absolute Gasteiger partial charge is 0.335 e. The first kappa shape index (κ1) is 20.7. The van der Waals surface area contributed by atoms with Crippen LogP contribution in [0, 0.1) is 13.8 Å². The van der Waals surface area contributed by atoms with Crippen molar-refractivity contribution in [2.24, 2.45) is 0 Å². The molecule has 1 aliphatic heterocycles. The molecule has 2 aromatic carbocycles. The lowest BCUT2D eigenvalue weighted by molar-refractivity contribution is 0.352. The van der Waals surface area contributed by atoms with Crippen molar-refractivity contribution in [3.05, 3.63) is 79.0 Å². The average Bonchev–Trinajstić information content (AvgIpc) is 2.75. The minimum Gasteiger partial charge on any atom is -0.494 e. The zero-order chi connectivity index (χ0) is 22.3. The number of nitrogens with one attached hydrogen (secondary N) is 2. The molecule has 0 saturated carbocycles. The lowest BCUT2D eigenvalue weighted by atomic mass is 9.90. The van der Waals surface area contributed by atoms with Gasteiger partial charge in [0.2, 0.25) is 5.88 Å². The second-order valence-corrected chi connectivity index (χ2v) is 7.64. The fourth-order valence-electron chi connectivity index (χ4n) is 4.04. The molecule has 0 bridgehead atoms. The van der Waals surface area contributed by atoms with Gasteiger partial charge in [0.25, 0.3) is 5.56 Å². The van der Waals surface area contributed by atoms with Gasteiger partial charge in [0.05, 0.1) is 31.5 Å². The van der Waals surface area contributed by atoms with Gasteiger partial charge in [0.15, 0.2) is 11.5 Å². The molecule has 0 fully saturated rings. The third-order valence-corrected chi connectivity index (χ3v) is 5.86. The van der Waals surface area contributed by atoms with Crippen LogP contribution in [0.5, 0.6) is 17.4 Å². The van der Waals surface area contributed by atoms with Crippen molar-refractivity contribution < 1.29 is 14.6 Å². The summed E-state index contributed by atoms with van der Waals surface area (Å²) in [6.07, 6.45) is 0.724. The van der Waals surface area contributed by atoms with Gasteiger partial charge < -0.3 is 19.9 Å². The first-order valence-electron chi connectivity index (χ1n) is 9.99. The monoisotopic (exact) mass is 423 g/mol. The summed E-state index contributed by atoms with van der Waals surface area (Å²) in [6, 6.07) is 8.47. The quantitative estimate of drug-likeness (QED) is 0.594. The summed E-state index contributed by atoms with van der Waals surface area (Å²) in [7, 11) is 3.11. The van der Waals surface area contributed by atoms with Crippen LogP contribution < -0.4 is 26.0 Å². The third kappa shape index (κ3) is 3.48. The number of ether oxygens (including phenoxy) is 2. The van der Waals surface area contributed by atoms with Crippen molar-refractivity contribution in [3.8, 4) is 23.1 Å². The van der Waals surface area contributed by atoms with Crippen molar-refractivity contribution >= 4 is 0 Å². The largest absolute Gasteiger partial charge is 0.494 e. The molecule has 1 aliphatic rings. The zero-order valence-corrected chi connectivity index (χ0v) is 17.9. The number of aromatic nitrogens is 2. The number of aromatic hydroxyl groups is 1. The fourth-order valence-corrected chi connectivity index (χ4v) is 4.04. The standard InChI is InChI=1S/C23H25N3O5/c1-12-5-6-15(9-13(12)2)26-22(28)19(21(27)25-23(26)29)20-16-11-18(31-4)17(30-3)10-14(16)7-8-24-20/h5-6,9-11,20,24,28H,7-8H2,1-4H3,(H,25,27,29). The van der Waals surface area contributed by atoms with Crippen LogP contribution in [0.4, 0.5) is 0 Å². The fraction of sp³-hybridized carbons (Fsp3) is 0.304. The Morgan fingerprint density at radius 3 is 2.42 bits per heavy atom. The number of aryl methyl sites for hydroxylation is 2. The lowest BCUT2D eigenvalue weighted by Crippen LogP contribution is -2.38. The second kappa shape index (κ2) is 7.96. The van der Waals surface area contributed by atoms with E-state index in [0.29, 0.717) is 23.7 Å². The van der Waals surface area contributed by atoms with E-state index >= 15 is 0 Å². The van der Waals surface area contributed by atoms with Crippen LogP contribution in [0.25, 0.3) is 5.69 Å². The molecule has 2 heterocycles. The predicted molar refractivity (Wildman–Crippen MR) is 117 cm³/mol. The molecule has 1 unspecified atom stereocenters. The lowest BCUT2D eigenvalue weighted by Gasteiger charge is -2.28. The van der Waals surface area contributed by atoms with Crippen LogP contribution in [-0.2, 0) is 6.42 Å². The topological polar surface area (TPSA) is 106 Å². The van der Waals surface area contributed by atoms with E-state index in [9.17, 15) is 14.7 Å². The summed E-state index contributed by atoms with van der Waals surface area (Å²) in [6.45, 7) is 4.48. The molecule has 31 heavy (non-hydrogen) atoms. The Balaban J connectivity index is 1.94. The van der Waals surface area contributed by atoms with Crippen LogP contribution >= 0.6 is 0 Å². The van der Waals surface area contributed by atoms with Gasteiger partial charge in [-0.05, 0) is 66.8 Å². The number of nitrogens with zero attached hydrogens (tertiary/aromatic N) is 1. The number of hydrogen-bond acceptors (Lipinski definition) is 6. The van der Waals surface area contributed by atoms with Crippen molar-refractivity contribution in [2.45, 2.75) is 26.3 Å². The predicted octanol–water partition coefficient (Wildman–Crippen LogP) is 2.10. The van der Waals surface area contributed by atoms with Crippen LogP contribution in [0.2, 0.25) is 0 Å². The Morgan fingerprint density at radius 1 is 1.03 bits per heavy atom. The van der Waals surface area contributed by atoms with Crippen LogP contribution in [-0.4, -0.2) is 35.4 Å². The van der Waals surface area contributed by atoms with E-state index in [2.05, 4.69) is 10.3 Å². The Morgan fingerprint density at radius 2 is 1.74 bits per heavy atom. The van der Waals surface area contributed by atoms with Crippen LogP contribution in [0.1, 0.15) is 33.9 Å². The average molecular weight is 423 g/mol. The molecule has 0 radical (unpaired) electrons. The molecule has 162 valence electrons. The summed E-state index contributed by atoms with van der Waals surface area (Å²) < 4.78 is 11.9. The maximum Gasteiger partial charge on any atom is 0.335 e. The normalized spacial score (nSPS) is 15.4. The number of benzene rings is 2. The number of methoxy groups -OCH3 is 2. The van der Waals surface area contributed by atoms with Gasteiger partial charge >= 0.3 is 5.69 Å². The highest BCUT2D eigenvalue weighted by atomic mass is 16.5. The summed E-state index contributed by atoms with van der Waals surface area (Å²) >= 11 is 0. The molecule has 0 saturated heterocycles. The van der Waals surface area contributed by atoms with E-state index in [4.69, 9.17) is 9.47 Å². The van der Waals surface area contributed by atoms with E-state index < -0.39 is 23.2 Å². The summed E-state index contributed by atoms with van der Waals surface area (Å²) in [5, 5.41) is 14.4. The highest BCUT2D eigenvalue weighted by Crippen LogP contribution is 2.38. The highest BCUT2D eigenvalue weighted by Gasteiger charge is 2.30. The molecule has 0 spiro atoms. The molecular weight excluding hydrogens is 398 g/mol. The van der Waals surface area contributed by atoms with Crippen molar-refractivity contribution in [2.75, 3.05) is 20.8 Å². The van der Waals surface area contributed by atoms with Crippen molar-refractivity contribution in [1.29, 1.82) is 0 Å². The number of fused-ring (bicyclic) bond motifs is 1. The Bertz CT molecular complexity index is 1280. The van der Waals surface area contributed by atoms with Gasteiger partial charge in [-0.2, -0.15) is 0 Å². The van der Waals surface area contributed by atoms with E-state index in [-0.39, 0.29) is 5.56 Å². The molecular formula is C23H25N3O5. The SMILES string of the molecule is COc1cc2c(cc1OC)C(c1c(O)n(-c3ccc(C)c(C)c3)c(=O)[nH]c1=O)NCC2. The van der Waals surface area contributed by atoms with Gasteiger partial charge in [-0.1, -0.05) is 6.07 Å². The van der Waals surface area contributed by atoms with E-state index in [1.165, 1.54) is 0 Å². The minimum atomic E-state index is -0.696. The maximum atomic E-state index is 12.8. The maximum absolute atomic E-state index is 12.8. The van der Waals surface area contributed by atoms with E-state index in [0.717, 1.165) is 33.2 Å². The molecule has 3 N–H and O–H groups in total. The summed E-state index contributed by atoms with van der Waals surface area (Å²) in [4.78, 5) is 27.8. The molecule has 4 rings (SSSR count). The Hall–Kier alpha value is -3.52. The van der Waals surface area contributed by atoms with E-state index in [1.807, 2.05) is 26.0 Å². The first-order chi connectivity index (χ1) is 14.8. The Kier molecular flexibility index (Phi) is 5.32. The van der Waals surface area contributed by atoms with Gasteiger partial charge in [-0.15, -0.1) is 0 Å². The van der Waals surface area contributed by atoms with Gasteiger partial charge in [-0.25, -0.2) is 9.36 Å². The number of aromatic amines is 1. The molecule has 3 aromatic rings. The first-order valence-corrected chi connectivity index (χ1v) is 9.99. The molecule has 8 heteroatoms. The summed E-state index contributed by atoms with van der Waals surface area (Å²) in [5.41, 5.74) is 3.01. The number of rotatable bonds is 4.